The van der Waals surface area contributed by atoms with Gasteiger partial charge in [-0.1, -0.05) is 30.3 Å². The Hall–Kier alpha value is -1.12. The minimum atomic E-state index is 0. The molecule has 0 aliphatic heterocycles. The van der Waals surface area contributed by atoms with Gasteiger partial charge in [0.2, 0.25) is 0 Å². The molecule has 1 heterocycles. The summed E-state index contributed by atoms with van der Waals surface area (Å²) in [6.45, 7) is 7.07. The molecule has 0 aliphatic carbocycles. The molecule has 0 atom stereocenters. The quantitative estimate of drug-likeness (QED) is 0.335. The van der Waals surface area contributed by atoms with Gasteiger partial charge in [-0.25, -0.2) is 0 Å². The van der Waals surface area contributed by atoms with Crippen LogP contribution in [0.1, 0.15) is 29.9 Å². The Morgan fingerprint density at radius 3 is 2.46 bits per heavy atom. The Morgan fingerprint density at radius 1 is 1.12 bits per heavy atom. The van der Waals surface area contributed by atoms with Gasteiger partial charge in [-0.2, -0.15) is 0 Å². The van der Waals surface area contributed by atoms with Crippen LogP contribution in [0.3, 0.4) is 0 Å². The van der Waals surface area contributed by atoms with Crippen molar-refractivity contribution in [3.05, 3.63) is 57.8 Å². The molecule has 0 bridgehead atoms. The van der Waals surface area contributed by atoms with Gasteiger partial charge in [0.15, 0.2) is 5.96 Å². The third-order valence-corrected chi connectivity index (χ3v) is 5.27. The number of hydrogen-bond acceptors (Lipinski definition) is 3. The van der Waals surface area contributed by atoms with Gasteiger partial charge in [0.05, 0.1) is 0 Å². The average molecular weight is 486 g/mol. The minimum Gasteiger partial charge on any atom is -0.356 e. The SMILES string of the molecule is CN=C(NCCc1cccs1)NCc1ccccc1CN(C)C(C)C.I. The second-order valence-electron chi connectivity index (χ2n) is 6.46. The van der Waals surface area contributed by atoms with E-state index >= 15 is 0 Å². The lowest BCUT2D eigenvalue weighted by molar-refractivity contribution is 0.265. The standard InChI is InChI=1S/C20H30N4S.HI/c1-16(2)24(4)15-18-9-6-5-8-17(18)14-23-20(21-3)22-12-11-19-10-7-13-25-19;/h5-10,13,16H,11-12,14-15H2,1-4H3,(H2,21,22,23);1H. The second kappa shape index (κ2) is 12.3. The monoisotopic (exact) mass is 486 g/mol. The number of nitrogens with zero attached hydrogens (tertiary/aromatic N) is 2. The summed E-state index contributed by atoms with van der Waals surface area (Å²) in [5, 5.41) is 8.94. The number of aliphatic imine (C=N–C) groups is 1. The minimum absolute atomic E-state index is 0. The molecule has 6 heteroatoms. The predicted octanol–water partition coefficient (Wildman–Crippen LogP) is 4.11. The zero-order valence-electron chi connectivity index (χ0n) is 16.2. The molecule has 4 nitrogen and oxygen atoms in total. The van der Waals surface area contributed by atoms with E-state index in [0.717, 1.165) is 32.0 Å². The maximum Gasteiger partial charge on any atom is 0.191 e. The maximum absolute atomic E-state index is 4.33. The summed E-state index contributed by atoms with van der Waals surface area (Å²) in [6, 6.07) is 13.4. The van der Waals surface area contributed by atoms with Crippen molar-refractivity contribution < 1.29 is 0 Å². The Labute approximate surface area is 179 Å². The van der Waals surface area contributed by atoms with Crippen molar-refractivity contribution >= 4 is 41.3 Å². The van der Waals surface area contributed by atoms with E-state index in [1.165, 1.54) is 16.0 Å². The van der Waals surface area contributed by atoms with Crippen LogP contribution < -0.4 is 10.6 Å². The molecule has 2 aromatic rings. The summed E-state index contributed by atoms with van der Waals surface area (Å²) in [7, 11) is 3.98. The van der Waals surface area contributed by atoms with Crippen LogP contribution in [0.5, 0.6) is 0 Å². The molecule has 2 N–H and O–H groups in total. The predicted molar refractivity (Wildman–Crippen MR) is 125 cm³/mol. The third-order valence-electron chi connectivity index (χ3n) is 4.33. The van der Waals surface area contributed by atoms with Crippen molar-refractivity contribution in [2.45, 2.75) is 39.4 Å². The van der Waals surface area contributed by atoms with E-state index in [1.807, 2.05) is 7.05 Å². The van der Waals surface area contributed by atoms with Crippen LogP contribution in [0.15, 0.2) is 46.8 Å². The van der Waals surface area contributed by atoms with Gasteiger partial charge >= 0.3 is 0 Å². The molecule has 0 saturated carbocycles. The average Bonchev–Trinajstić information content (AvgIpc) is 3.12. The number of halogens is 1. The Morgan fingerprint density at radius 2 is 1.85 bits per heavy atom. The smallest absolute Gasteiger partial charge is 0.191 e. The lowest BCUT2D eigenvalue weighted by atomic mass is 10.1. The van der Waals surface area contributed by atoms with Gasteiger partial charge in [-0.05, 0) is 49.9 Å². The number of hydrogen-bond donors (Lipinski definition) is 2. The molecule has 0 spiro atoms. The topological polar surface area (TPSA) is 39.7 Å². The van der Waals surface area contributed by atoms with E-state index in [0.29, 0.717) is 6.04 Å². The van der Waals surface area contributed by atoms with Crippen molar-refractivity contribution in [1.29, 1.82) is 0 Å². The van der Waals surface area contributed by atoms with Crippen molar-refractivity contribution in [2.24, 2.45) is 4.99 Å². The van der Waals surface area contributed by atoms with Gasteiger partial charge in [0, 0.05) is 37.6 Å². The molecule has 2 rings (SSSR count). The number of benzene rings is 1. The highest BCUT2D eigenvalue weighted by molar-refractivity contribution is 14.0. The van der Waals surface area contributed by atoms with E-state index in [2.05, 4.69) is 83.2 Å². The van der Waals surface area contributed by atoms with E-state index in [9.17, 15) is 0 Å². The van der Waals surface area contributed by atoms with Crippen molar-refractivity contribution in [2.75, 3.05) is 20.6 Å². The summed E-state index contributed by atoms with van der Waals surface area (Å²) >= 11 is 1.80. The largest absolute Gasteiger partial charge is 0.356 e. The van der Waals surface area contributed by atoms with Gasteiger partial charge in [0.1, 0.15) is 0 Å². The van der Waals surface area contributed by atoms with E-state index in [1.54, 1.807) is 11.3 Å². The fraction of sp³-hybridized carbons (Fsp3) is 0.450. The van der Waals surface area contributed by atoms with Crippen LogP contribution >= 0.6 is 35.3 Å². The van der Waals surface area contributed by atoms with Crippen LogP contribution in [0.2, 0.25) is 0 Å². The first-order chi connectivity index (χ1) is 12.1. The van der Waals surface area contributed by atoms with E-state index in [4.69, 9.17) is 0 Å². The highest BCUT2D eigenvalue weighted by Crippen LogP contribution is 2.12. The van der Waals surface area contributed by atoms with Crippen molar-refractivity contribution in [3.8, 4) is 0 Å². The molecule has 0 fully saturated rings. The molecule has 0 aliphatic rings. The molecule has 144 valence electrons. The third kappa shape index (κ3) is 7.63. The summed E-state index contributed by atoms with van der Waals surface area (Å²) in [4.78, 5) is 8.08. The zero-order valence-corrected chi connectivity index (χ0v) is 19.3. The molecule has 0 amide bonds. The molecule has 1 aromatic heterocycles. The first-order valence-corrected chi connectivity index (χ1v) is 9.72. The zero-order chi connectivity index (χ0) is 18.1. The highest BCUT2D eigenvalue weighted by Gasteiger charge is 2.08. The van der Waals surface area contributed by atoms with Gasteiger partial charge in [-0.15, -0.1) is 35.3 Å². The van der Waals surface area contributed by atoms with Crippen LogP contribution in [0.4, 0.5) is 0 Å². The molecule has 26 heavy (non-hydrogen) atoms. The maximum atomic E-state index is 4.33. The Bertz CT molecular complexity index is 656. The molecule has 1 aromatic carbocycles. The fourth-order valence-corrected chi connectivity index (χ4v) is 3.20. The first-order valence-electron chi connectivity index (χ1n) is 8.84. The highest BCUT2D eigenvalue weighted by atomic mass is 127. The molecule has 0 radical (unpaired) electrons. The number of thiophene rings is 1. The normalized spacial score (nSPS) is 11.5. The number of nitrogens with one attached hydrogen (secondary N) is 2. The summed E-state index contributed by atoms with van der Waals surface area (Å²) in [6.07, 6.45) is 1.02. The summed E-state index contributed by atoms with van der Waals surface area (Å²) in [5.74, 6) is 0.851. The number of rotatable bonds is 8. The molecular formula is C20H31IN4S. The van der Waals surface area contributed by atoms with Crippen molar-refractivity contribution in [3.63, 3.8) is 0 Å². The van der Waals surface area contributed by atoms with Crippen LogP contribution in [0.25, 0.3) is 0 Å². The van der Waals surface area contributed by atoms with Crippen molar-refractivity contribution in [1.82, 2.24) is 15.5 Å². The van der Waals surface area contributed by atoms with E-state index < -0.39 is 0 Å². The Balaban J connectivity index is 0.00000338. The Kier molecular flexibility index (Phi) is 10.8. The van der Waals surface area contributed by atoms with Crippen LogP contribution in [-0.2, 0) is 19.5 Å². The van der Waals surface area contributed by atoms with Gasteiger partial charge in [-0.3, -0.25) is 9.89 Å². The van der Waals surface area contributed by atoms with Crippen LogP contribution in [-0.4, -0.2) is 37.5 Å². The first kappa shape index (κ1) is 22.9. The summed E-state index contributed by atoms with van der Waals surface area (Å²) in [5.41, 5.74) is 2.68. The lowest BCUT2D eigenvalue weighted by Gasteiger charge is -2.23. The molecule has 0 unspecified atom stereocenters. The number of guanidine groups is 1. The van der Waals surface area contributed by atoms with Gasteiger partial charge in [0.25, 0.3) is 0 Å². The van der Waals surface area contributed by atoms with Crippen LogP contribution in [0, 0.1) is 0 Å². The lowest BCUT2D eigenvalue weighted by Crippen LogP contribution is -2.38. The molecular weight excluding hydrogens is 455 g/mol. The van der Waals surface area contributed by atoms with E-state index in [-0.39, 0.29) is 24.0 Å². The fourth-order valence-electron chi connectivity index (χ4n) is 2.49. The summed E-state index contributed by atoms with van der Waals surface area (Å²) < 4.78 is 0. The second-order valence-corrected chi connectivity index (χ2v) is 7.49. The van der Waals surface area contributed by atoms with Gasteiger partial charge < -0.3 is 10.6 Å². The molecule has 0 saturated heterocycles.